The average molecular weight is 341 g/mol. The molecule has 4 rings (SSSR count). The monoisotopic (exact) mass is 341 g/mol. The van der Waals surface area contributed by atoms with Gasteiger partial charge in [-0.25, -0.2) is 0 Å². The molecule has 2 aromatic rings. The fraction of sp³-hybridized carbons (Fsp3) is 0.400. The van der Waals surface area contributed by atoms with Crippen LogP contribution in [0.5, 0.6) is 0 Å². The van der Waals surface area contributed by atoms with Crippen LogP contribution in [0.25, 0.3) is 0 Å². The maximum absolute atomic E-state index is 10.1. The molecule has 2 aliphatic rings. The van der Waals surface area contributed by atoms with E-state index in [9.17, 15) is 5.11 Å². The van der Waals surface area contributed by atoms with Crippen LogP contribution in [0.3, 0.4) is 0 Å². The number of piperidine rings is 1. The molecule has 2 bridgehead atoms. The minimum absolute atomic E-state index is 0.158. The Labute approximate surface area is 147 Å². The van der Waals surface area contributed by atoms with Crippen LogP contribution >= 0.6 is 0 Å². The summed E-state index contributed by atoms with van der Waals surface area (Å²) in [6.07, 6.45) is -1.52. The van der Waals surface area contributed by atoms with Crippen molar-refractivity contribution in [1.29, 1.82) is 0 Å². The van der Waals surface area contributed by atoms with Crippen molar-refractivity contribution in [3.05, 3.63) is 71.8 Å². The molecule has 0 aliphatic carbocycles. The Morgan fingerprint density at radius 1 is 0.920 bits per heavy atom. The molecule has 5 heteroatoms. The third kappa shape index (κ3) is 3.76. The topological polar surface area (TPSA) is 60.0 Å². The van der Waals surface area contributed by atoms with Crippen molar-refractivity contribution >= 4 is 0 Å². The van der Waals surface area contributed by atoms with E-state index in [2.05, 4.69) is 5.32 Å². The number of fused-ring (bicyclic) bond motifs is 2. The molecule has 0 radical (unpaired) electrons. The Kier molecular flexibility index (Phi) is 5.10. The zero-order valence-corrected chi connectivity index (χ0v) is 14.0. The number of rotatable bonds is 6. The summed E-state index contributed by atoms with van der Waals surface area (Å²) in [4.78, 5) is 0. The van der Waals surface area contributed by atoms with Crippen LogP contribution in [0.1, 0.15) is 11.1 Å². The molecule has 0 spiro atoms. The molecule has 2 aliphatic heterocycles. The van der Waals surface area contributed by atoms with Crippen LogP contribution in [-0.4, -0.2) is 42.3 Å². The van der Waals surface area contributed by atoms with Gasteiger partial charge in [0.25, 0.3) is 0 Å². The van der Waals surface area contributed by atoms with Crippen molar-refractivity contribution in [2.24, 2.45) is 0 Å². The van der Waals surface area contributed by atoms with Crippen molar-refractivity contribution in [1.82, 2.24) is 5.32 Å². The normalized spacial score (nSPS) is 31.2. The van der Waals surface area contributed by atoms with Gasteiger partial charge in [-0.2, -0.15) is 0 Å². The SMILES string of the molecule is OC1O[C@H]2[C@H](OCc3ccccc3)[C@@H]1NC[C@@H]2OCc1ccccc1. The summed E-state index contributed by atoms with van der Waals surface area (Å²) >= 11 is 0. The van der Waals surface area contributed by atoms with Crippen LogP contribution < -0.4 is 5.32 Å². The highest BCUT2D eigenvalue weighted by atomic mass is 16.7. The van der Waals surface area contributed by atoms with E-state index in [-0.39, 0.29) is 24.4 Å². The lowest BCUT2D eigenvalue weighted by molar-refractivity contribution is -0.146. The molecule has 25 heavy (non-hydrogen) atoms. The molecular formula is C20H23NO4. The van der Waals surface area contributed by atoms with Gasteiger partial charge in [0.1, 0.15) is 12.2 Å². The van der Waals surface area contributed by atoms with E-state index in [1.165, 1.54) is 0 Å². The van der Waals surface area contributed by atoms with Crippen molar-refractivity contribution in [2.75, 3.05) is 6.54 Å². The minimum Gasteiger partial charge on any atom is -0.369 e. The van der Waals surface area contributed by atoms with E-state index in [1.807, 2.05) is 60.7 Å². The number of aliphatic hydroxyl groups excluding tert-OH is 1. The Balaban J connectivity index is 1.39. The minimum atomic E-state index is -0.865. The van der Waals surface area contributed by atoms with Gasteiger partial charge in [-0.1, -0.05) is 60.7 Å². The predicted molar refractivity (Wildman–Crippen MR) is 92.7 cm³/mol. The maximum atomic E-state index is 10.1. The van der Waals surface area contributed by atoms with Gasteiger partial charge in [0.2, 0.25) is 0 Å². The second-order valence-electron chi connectivity index (χ2n) is 6.52. The lowest BCUT2D eigenvalue weighted by Crippen LogP contribution is -2.57. The van der Waals surface area contributed by atoms with Crippen LogP contribution in [0.2, 0.25) is 0 Å². The van der Waals surface area contributed by atoms with Gasteiger partial charge in [-0.15, -0.1) is 0 Å². The summed E-state index contributed by atoms with van der Waals surface area (Å²) in [5, 5.41) is 13.5. The Hall–Kier alpha value is -1.76. The number of nitrogens with one attached hydrogen (secondary N) is 1. The average Bonchev–Trinajstić information content (AvgIpc) is 2.88. The summed E-state index contributed by atoms with van der Waals surface area (Å²) < 4.78 is 17.9. The van der Waals surface area contributed by atoms with Crippen LogP contribution in [0.4, 0.5) is 0 Å². The largest absolute Gasteiger partial charge is 0.369 e. The van der Waals surface area contributed by atoms with Crippen molar-refractivity contribution < 1.29 is 19.3 Å². The second-order valence-corrected chi connectivity index (χ2v) is 6.52. The van der Waals surface area contributed by atoms with E-state index in [0.29, 0.717) is 19.8 Å². The maximum Gasteiger partial charge on any atom is 0.173 e. The second kappa shape index (κ2) is 7.64. The Morgan fingerprint density at radius 2 is 1.52 bits per heavy atom. The summed E-state index contributed by atoms with van der Waals surface area (Å²) in [7, 11) is 0. The van der Waals surface area contributed by atoms with Gasteiger partial charge >= 0.3 is 0 Å². The summed E-state index contributed by atoms with van der Waals surface area (Å²) in [5.41, 5.74) is 2.22. The molecule has 2 heterocycles. The Morgan fingerprint density at radius 3 is 2.16 bits per heavy atom. The molecule has 132 valence electrons. The first kappa shape index (κ1) is 16.7. The van der Waals surface area contributed by atoms with Gasteiger partial charge in [-0.05, 0) is 11.1 Å². The van der Waals surface area contributed by atoms with E-state index < -0.39 is 6.29 Å². The van der Waals surface area contributed by atoms with Gasteiger partial charge in [0.15, 0.2) is 6.29 Å². The van der Waals surface area contributed by atoms with Gasteiger partial charge in [0.05, 0.1) is 25.4 Å². The third-order valence-electron chi connectivity index (χ3n) is 4.79. The van der Waals surface area contributed by atoms with Crippen LogP contribution in [0, 0.1) is 0 Å². The first-order valence-corrected chi connectivity index (χ1v) is 8.69. The Bertz CT molecular complexity index is 666. The number of benzene rings is 2. The number of hydrogen-bond acceptors (Lipinski definition) is 5. The molecular weight excluding hydrogens is 318 g/mol. The molecule has 2 fully saturated rings. The van der Waals surface area contributed by atoms with Crippen molar-refractivity contribution in [3.8, 4) is 0 Å². The standard InChI is InChI=1S/C20H23NO4/c22-20-17-19(24-13-15-9-5-2-6-10-15)18(25-20)16(11-21-17)23-12-14-7-3-1-4-8-14/h1-10,16-22H,11-13H2/t16-,17-,18+,19+,20?/m0/s1. The molecule has 0 amide bonds. The van der Waals surface area contributed by atoms with E-state index in [4.69, 9.17) is 14.2 Å². The quantitative estimate of drug-likeness (QED) is 0.840. The highest BCUT2D eigenvalue weighted by Crippen LogP contribution is 2.31. The van der Waals surface area contributed by atoms with Crippen molar-refractivity contribution in [3.63, 3.8) is 0 Å². The van der Waals surface area contributed by atoms with E-state index in [1.54, 1.807) is 0 Å². The molecule has 2 N–H and O–H groups in total. The molecule has 5 atom stereocenters. The molecule has 2 aromatic carbocycles. The van der Waals surface area contributed by atoms with Crippen LogP contribution in [-0.2, 0) is 27.4 Å². The third-order valence-corrected chi connectivity index (χ3v) is 4.79. The fourth-order valence-electron chi connectivity index (χ4n) is 3.47. The van der Waals surface area contributed by atoms with E-state index in [0.717, 1.165) is 11.1 Å². The highest BCUT2D eigenvalue weighted by molar-refractivity contribution is 5.15. The summed E-state index contributed by atoms with van der Waals surface area (Å²) in [6.45, 7) is 1.64. The fourth-order valence-corrected chi connectivity index (χ4v) is 3.47. The number of aliphatic hydroxyl groups is 1. The zero-order chi connectivity index (χ0) is 17.1. The van der Waals surface area contributed by atoms with Crippen molar-refractivity contribution in [2.45, 2.75) is 43.9 Å². The number of hydrogen-bond donors (Lipinski definition) is 2. The number of ether oxygens (including phenoxy) is 3. The van der Waals surface area contributed by atoms with Gasteiger partial charge in [0, 0.05) is 6.54 Å². The molecule has 0 saturated carbocycles. The summed E-state index contributed by atoms with van der Waals surface area (Å²) in [5.74, 6) is 0. The highest BCUT2D eigenvalue weighted by Gasteiger charge is 2.52. The molecule has 2 saturated heterocycles. The zero-order valence-electron chi connectivity index (χ0n) is 14.0. The first-order valence-electron chi connectivity index (χ1n) is 8.69. The summed E-state index contributed by atoms with van der Waals surface area (Å²) in [6, 6.07) is 19.8. The van der Waals surface area contributed by atoms with E-state index >= 15 is 0 Å². The molecule has 5 nitrogen and oxygen atoms in total. The molecule has 1 unspecified atom stereocenters. The van der Waals surface area contributed by atoms with Crippen LogP contribution in [0.15, 0.2) is 60.7 Å². The lowest BCUT2D eigenvalue weighted by atomic mass is 9.98. The predicted octanol–water partition coefficient (Wildman–Crippen LogP) is 1.85. The smallest absolute Gasteiger partial charge is 0.173 e. The van der Waals surface area contributed by atoms with Gasteiger partial charge in [-0.3, -0.25) is 0 Å². The molecule has 0 aromatic heterocycles. The first-order chi connectivity index (χ1) is 12.3. The lowest BCUT2D eigenvalue weighted by Gasteiger charge is -2.34. The van der Waals surface area contributed by atoms with Gasteiger partial charge < -0.3 is 24.6 Å².